The Hall–Kier alpha value is 0.350. The van der Waals surface area contributed by atoms with E-state index in [1.54, 1.807) is 0 Å². The molecular weight excluding hydrogens is 294 g/mol. The fourth-order valence-corrected chi connectivity index (χ4v) is 4.55. The van der Waals surface area contributed by atoms with Gasteiger partial charge in [0.2, 0.25) is 10.0 Å². The minimum absolute atomic E-state index is 0.0344. The molecule has 0 aliphatic carbocycles. The van der Waals surface area contributed by atoms with Gasteiger partial charge in [0.25, 0.3) is 0 Å². The summed E-state index contributed by atoms with van der Waals surface area (Å²) in [7, 11) is -3.20. The maximum atomic E-state index is 12.1. The zero-order valence-electron chi connectivity index (χ0n) is 9.78. The number of hydrogen-bond donors (Lipinski definition) is 1. The van der Waals surface area contributed by atoms with Gasteiger partial charge in [-0.05, 0) is 18.8 Å². The average molecular weight is 314 g/mol. The van der Waals surface area contributed by atoms with Crippen LogP contribution in [0.4, 0.5) is 0 Å². The molecule has 1 heterocycles. The molecule has 0 bridgehead atoms. The molecule has 0 aromatic rings. The van der Waals surface area contributed by atoms with Gasteiger partial charge < -0.3 is 4.74 Å². The Morgan fingerprint density at radius 1 is 1.38 bits per heavy atom. The quantitative estimate of drug-likeness (QED) is 0.783. The summed E-state index contributed by atoms with van der Waals surface area (Å²) in [6, 6.07) is -0.0344. The highest BCUT2D eigenvalue weighted by Crippen LogP contribution is 2.17. The van der Waals surface area contributed by atoms with E-state index in [2.05, 4.69) is 20.7 Å². The molecule has 1 unspecified atom stereocenters. The van der Waals surface area contributed by atoms with Crippen LogP contribution in [0.2, 0.25) is 0 Å². The largest absolute Gasteiger partial charge is 0.381 e. The maximum absolute atomic E-state index is 12.1. The molecule has 16 heavy (non-hydrogen) atoms. The van der Waals surface area contributed by atoms with E-state index < -0.39 is 10.0 Å². The van der Waals surface area contributed by atoms with Crippen LogP contribution in [0.5, 0.6) is 0 Å². The van der Waals surface area contributed by atoms with Crippen LogP contribution in [0.15, 0.2) is 0 Å². The second kappa shape index (κ2) is 6.33. The number of halogens is 1. The molecule has 1 saturated heterocycles. The molecule has 1 N–H and O–H groups in total. The van der Waals surface area contributed by atoms with Crippen LogP contribution in [-0.2, 0) is 14.8 Å². The van der Waals surface area contributed by atoms with E-state index in [0.717, 1.165) is 0 Å². The standard InChI is InChI=1S/C10H20BrNO3S/c1-8(2)10(7-11)12-16(13,14)9-3-5-15-6-4-9/h8-10,12H,3-7H2,1-2H3. The number of rotatable bonds is 5. The highest BCUT2D eigenvalue weighted by atomic mass is 79.9. The molecule has 1 aliphatic heterocycles. The van der Waals surface area contributed by atoms with Gasteiger partial charge >= 0.3 is 0 Å². The summed E-state index contributed by atoms with van der Waals surface area (Å²) in [5.74, 6) is 0.286. The van der Waals surface area contributed by atoms with Gasteiger partial charge in [0.05, 0.1) is 5.25 Å². The van der Waals surface area contributed by atoms with E-state index in [1.807, 2.05) is 13.8 Å². The van der Waals surface area contributed by atoms with Gasteiger partial charge in [-0.3, -0.25) is 0 Å². The number of sulfonamides is 1. The van der Waals surface area contributed by atoms with Crippen LogP contribution in [-0.4, -0.2) is 38.3 Å². The van der Waals surface area contributed by atoms with Crippen molar-refractivity contribution in [1.82, 2.24) is 4.72 Å². The van der Waals surface area contributed by atoms with Crippen molar-refractivity contribution in [3.8, 4) is 0 Å². The van der Waals surface area contributed by atoms with Crippen LogP contribution < -0.4 is 4.72 Å². The van der Waals surface area contributed by atoms with Gasteiger partial charge in [-0.1, -0.05) is 29.8 Å². The lowest BCUT2D eigenvalue weighted by atomic mass is 10.1. The Bertz CT molecular complexity index is 299. The van der Waals surface area contributed by atoms with Crippen LogP contribution >= 0.6 is 15.9 Å². The molecule has 0 aromatic heterocycles. The van der Waals surface area contributed by atoms with Gasteiger partial charge in [-0.15, -0.1) is 0 Å². The van der Waals surface area contributed by atoms with Crippen LogP contribution in [0, 0.1) is 5.92 Å². The van der Waals surface area contributed by atoms with Gasteiger partial charge in [0, 0.05) is 24.6 Å². The smallest absolute Gasteiger partial charge is 0.214 e. The third kappa shape index (κ3) is 3.98. The molecule has 0 saturated carbocycles. The van der Waals surface area contributed by atoms with Crippen LogP contribution in [0.1, 0.15) is 26.7 Å². The normalized spacial score (nSPS) is 21.2. The monoisotopic (exact) mass is 313 g/mol. The van der Waals surface area contributed by atoms with Gasteiger partial charge in [0.1, 0.15) is 0 Å². The Balaban J connectivity index is 2.62. The molecule has 1 atom stereocenters. The minimum Gasteiger partial charge on any atom is -0.381 e. The van der Waals surface area contributed by atoms with Gasteiger partial charge in [0.15, 0.2) is 0 Å². The molecule has 1 fully saturated rings. The van der Waals surface area contributed by atoms with E-state index in [1.165, 1.54) is 0 Å². The lowest BCUT2D eigenvalue weighted by Gasteiger charge is -2.26. The van der Waals surface area contributed by atoms with Crippen molar-refractivity contribution in [3.05, 3.63) is 0 Å². The Kier molecular flexibility index (Phi) is 5.70. The average Bonchev–Trinajstić information content (AvgIpc) is 2.27. The lowest BCUT2D eigenvalue weighted by Crippen LogP contribution is -2.45. The maximum Gasteiger partial charge on any atom is 0.214 e. The molecule has 0 aromatic carbocycles. The van der Waals surface area contributed by atoms with Crippen molar-refractivity contribution in [2.75, 3.05) is 18.5 Å². The van der Waals surface area contributed by atoms with Crippen molar-refractivity contribution in [3.63, 3.8) is 0 Å². The predicted molar refractivity (Wildman–Crippen MR) is 68.3 cm³/mol. The van der Waals surface area contributed by atoms with Crippen molar-refractivity contribution < 1.29 is 13.2 Å². The van der Waals surface area contributed by atoms with E-state index in [4.69, 9.17) is 4.74 Å². The molecule has 96 valence electrons. The second-order valence-corrected chi connectivity index (χ2v) is 7.12. The first-order valence-corrected chi connectivity index (χ1v) is 8.29. The third-order valence-corrected chi connectivity index (χ3v) is 5.57. The zero-order chi connectivity index (χ0) is 12.2. The van der Waals surface area contributed by atoms with Gasteiger partial charge in [-0.25, -0.2) is 13.1 Å². The van der Waals surface area contributed by atoms with E-state index >= 15 is 0 Å². The van der Waals surface area contributed by atoms with Crippen molar-refractivity contribution in [2.24, 2.45) is 5.92 Å². The third-order valence-electron chi connectivity index (χ3n) is 2.89. The van der Waals surface area contributed by atoms with Crippen molar-refractivity contribution in [1.29, 1.82) is 0 Å². The molecule has 1 rings (SSSR count). The number of hydrogen-bond acceptors (Lipinski definition) is 3. The molecule has 4 nitrogen and oxygen atoms in total. The summed E-state index contributed by atoms with van der Waals surface area (Å²) < 4.78 is 32.1. The van der Waals surface area contributed by atoms with E-state index in [9.17, 15) is 8.42 Å². The van der Waals surface area contributed by atoms with Crippen LogP contribution in [0.25, 0.3) is 0 Å². The minimum atomic E-state index is -3.20. The first-order valence-electron chi connectivity index (χ1n) is 5.62. The topological polar surface area (TPSA) is 55.4 Å². The fraction of sp³-hybridized carbons (Fsp3) is 1.00. The summed E-state index contributed by atoms with van der Waals surface area (Å²) in [5, 5.41) is 0.356. The highest BCUT2D eigenvalue weighted by molar-refractivity contribution is 9.09. The molecular formula is C10H20BrNO3S. The van der Waals surface area contributed by atoms with E-state index in [-0.39, 0.29) is 17.2 Å². The Morgan fingerprint density at radius 3 is 2.38 bits per heavy atom. The molecule has 0 amide bonds. The van der Waals surface area contributed by atoms with E-state index in [0.29, 0.717) is 31.4 Å². The van der Waals surface area contributed by atoms with Crippen LogP contribution in [0.3, 0.4) is 0 Å². The lowest BCUT2D eigenvalue weighted by molar-refractivity contribution is 0.0980. The SMILES string of the molecule is CC(C)C(CBr)NS(=O)(=O)C1CCOCC1. The second-order valence-electron chi connectivity index (χ2n) is 4.48. The highest BCUT2D eigenvalue weighted by Gasteiger charge is 2.30. The van der Waals surface area contributed by atoms with Crippen molar-refractivity contribution >= 4 is 26.0 Å². The Morgan fingerprint density at radius 2 is 1.94 bits per heavy atom. The van der Waals surface area contributed by atoms with Crippen molar-refractivity contribution in [2.45, 2.75) is 38.0 Å². The predicted octanol–water partition coefficient (Wildman–Crippen LogP) is 1.50. The molecule has 6 heteroatoms. The summed E-state index contributed by atoms with van der Waals surface area (Å²) in [5.41, 5.74) is 0. The summed E-state index contributed by atoms with van der Waals surface area (Å²) in [6.07, 6.45) is 1.20. The zero-order valence-corrected chi connectivity index (χ0v) is 12.2. The first kappa shape index (κ1) is 14.4. The summed E-state index contributed by atoms with van der Waals surface area (Å²) in [4.78, 5) is 0. The fourth-order valence-electron chi connectivity index (χ4n) is 1.64. The van der Waals surface area contributed by atoms with Gasteiger partial charge in [-0.2, -0.15) is 0 Å². The number of nitrogens with one attached hydrogen (secondary N) is 1. The first-order chi connectivity index (χ1) is 7.47. The molecule has 1 aliphatic rings. The summed E-state index contributed by atoms with van der Waals surface area (Å²) >= 11 is 3.34. The number of alkyl halides is 1. The Labute approximate surface area is 106 Å². The molecule has 0 spiro atoms. The number of ether oxygens (including phenoxy) is 1. The summed E-state index contributed by atoms with van der Waals surface area (Å²) in [6.45, 7) is 5.12. The molecule has 0 radical (unpaired) electrons.